The van der Waals surface area contributed by atoms with Gasteiger partial charge in [-0.2, -0.15) is 0 Å². The number of aromatic nitrogens is 1. The molecule has 3 heterocycles. The van der Waals surface area contributed by atoms with Crippen molar-refractivity contribution in [1.82, 2.24) is 14.8 Å². The Kier molecular flexibility index (Phi) is 5.92. The number of rotatable bonds is 4. The highest BCUT2D eigenvalue weighted by molar-refractivity contribution is 7.13. The van der Waals surface area contributed by atoms with Gasteiger partial charge in [0.15, 0.2) is 0 Å². The molecule has 2 aromatic heterocycles. The first-order valence-electron chi connectivity index (χ1n) is 9.96. The maximum absolute atomic E-state index is 12.8. The lowest BCUT2D eigenvalue weighted by Gasteiger charge is -2.38. The second kappa shape index (κ2) is 8.76. The second-order valence-electron chi connectivity index (χ2n) is 7.43. The number of carbonyl (C=O) groups is 1. The highest BCUT2D eigenvalue weighted by Gasteiger charge is 2.25. The van der Waals surface area contributed by atoms with E-state index in [2.05, 4.69) is 58.7 Å². The summed E-state index contributed by atoms with van der Waals surface area (Å²) in [5.41, 5.74) is 4.46. The molecule has 0 aliphatic carbocycles. The number of nitrogens with one attached hydrogen (secondary N) is 1. The zero-order valence-corrected chi connectivity index (χ0v) is 17.7. The molecule has 0 bridgehead atoms. The van der Waals surface area contributed by atoms with Gasteiger partial charge in [0.05, 0.1) is 0 Å². The van der Waals surface area contributed by atoms with E-state index in [9.17, 15) is 4.79 Å². The minimum absolute atomic E-state index is 0.0290. The summed E-state index contributed by atoms with van der Waals surface area (Å²) < 4.78 is 0. The van der Waals surface area contributed by atoms with E-state index in [-0.39, 0.29) is 6.03 Å². The fourth-order valence-corrected chi connectivity index (χ4v) is 4.68. The van der Waals surface area contributed by atoms with E-state index >= 15 is 0 Å². The predicted octanol–water partition coefficient (Wildman–Crippen LogP) is 5.03. The fraction of sp³-hybridized carbons (Fsp3) is 0.304. The van der Waals surface area contributed by atoms with Crippen molar-refractivity contribution in [3.63, 3.8) is 0 Å². The molecule has 150 valence electrons. The fourth-order valence-electron chi connectivity index (χ4n) is 3.76. The van der Waals surface area contributed by atoms with E-state index in [0.29, 0.717) is 6.04 Å². The van der Waals surface area contributed by atoms with Crippen molar-refractivity contribution < 1.29 is 4.79 Å². The topological polar surface area (TPSA) is 48.5 Å². The highest BCUT2D eigenvalue weighted by Crippen LogP contribution is 2.30. The minimum atomic E-state index is -0.0290. The van der Waals surface area contributed by atoms with Gasteiger partial charge < -0.3 is 10.2 Å². The molecule has 0 saturated carbocycles. The molecule has 4 rings (SSSR count). The molecule has 1 fully saturated rings. The average molecular weight is 407 g/mol. The van der Waals surface area contributed by atoms with E-state index in [1.165, 1.54) is 16.0 Å². The van der Waals surface area contributed by atoms with Crippen molar-refractivity contribution in [3.8, 4) is 10.4 Å². The van der Waals surface area contributed by atoms with Crippen molar-refractivity contribution in [2.24, 2.45) is 0 Å². The third kappa shape index (κ3) is 4.49. The zero-order valence-electron chi connectivity index (χ0n) is 16.8. The highest BCUT2D eigenvalue weighted by atomic mass is 32.1. The summed E-state index contributed by atoms with van der Waals surface area (Å²) in [6, 6.07) is 14.6. The smallest absolute Gasteiger partial charge is 0.321 e. The van der Waals surface area contributed by atoms with E-state index < -0.39 is 0 Å². The van der Waals surface area contributed by atoms with Crippen LogP contribution in [0.1, 0.15) is 24.1 Å². The Hall–Kier alpha value is -2.70. The summed E-state index contributed by atoms with van der Waals surface area (Å²) in [4.78, 5) is 22.5. The van der Waals surface area contributed by atoms with Gasteiger partial charge in [-0.1, -0.05) is 18.2 Å². The number of amides is 2. The van der Waals surface area contributed by atoms with Crippen LogP contribution in [0.15, 0.2) is 60.2 Å². The van der Waals surface area contributed by atoms with Crippen LogP contribution in [0.5, 0.6) is 0 Å². The summed E-state index contributed by atoms with van der Waals surface area (Å²) in [7, 11) is 0. The molecule has 1 unspecified atom stereocenters. The third-order valence-corrected chi connectivity index (χ3v) is 6.62. The number of anilines is 1. The Morgan fingerprint density at radius 3 is 2.66 bits per heavy atom. The quantitative estimate of drug-likeness (QED) is 0.661. The van der Waals surface area contributed by atoms with Crippen LogP contribution in [0.4, 0.5) is 10.5 Å². The standard InChI is InChI=1S/C23H26N4OS/c1-17-8-14-29-22(17)19-5-3-7-21(15-19)25-23(28)27-12-10-26(11-13-27)18(2)20-6-4-9-24-16-20/h3-9,14-16,18H,10-13H2,1-2H3,(H,25,28). The number of urea groups is 1. The van der Waals surface area contributed by atoms with Crippen LogP contribution in [-0.2, 0) is 0 Å². The van der Waals surface area contributed by atoms with Crippen LogP contribution in [0.25, 0.3) is 10.4 Å². The Bertz CT molecular complexity index is 964. The Morgan fingerprint density at radius 1 is 1.14 bits per heavy atom. The van der Waals surface area contributed by atoms with Gasteiger partial charge in [-0.15, -0.1) is 11.3 Å². The Balaban J connectivity index is 1.35. The number of benzene rings is 1. The van der Waals surface area contributed by atoms with Crippen LogP contribution in [-0.4, -0.2) is 47.0 Å². The number of pyridine rings is 1. The molecule has 3 aromatic rings. The summed E-state index contributed by atoms with van der Waals surface area (Å²) >= 11 is 1.73. The summed E-state index contributed by atoms with van der Waals surface area (Å²) in [5.74, 6) is 0. The van der Waals surface area contributed by atoms with Gasteiger partial charge in [0.2, 0.25) is 0 Å². The van der Waals surface area contributed by atoms with Gasteiger partial charge >= 0.3 is 6.03 Å². The van der Waals surface area contributed by atoms with Crippen LogP contribution >= 0.6 is 11.3 Å². The van der Waals surface area contributed by atoms with Crippen molar-refractivity contribution in [3.05, 3.63) is 71.4 Å². The second-order valence-corrected chi connectivity index (χ2v) is 8.35. The largest absolute Gasteiger partial charge is 0.322 e. The number of hydrogen-bond acceptors (Lipinski definition) is 4. The first kappa shape index (κ1) is 19.6. The molecule has 0 radical (unpaired) electrons. The number of aryl methyl sites for hydroxylation is 1. The molecule has 1 aromatic carbocycles. The van der Waals surface area contributed by atoms with Crippen molar-refractivity contribution in [1.29, 1.82) is 0 Å². The first-order valence-corrected chi connectivity index (χ1v) is 10.8. The van der Waals surface area contributed by atoms with E-state index in [1.54, 1.807) is 17.5 Å². The summed E-state index contributed by atoms with van der Waals surface area (Å²) in [6.45, 7) is 7.48. The Labute approximate surface area is 176 Å². The van der Waals surface area contributed by atoms with Crippen LogP contribution in [0, 0.1) is 6.92 Å². The Morgan fingerprint density at radius 2 is 1.97 bits per heavy atom. The molecular weight excluding hydrogens is 380 g/mol. The molecule has 6 heteroatoms. The molecule has 5 nitrogen and oxygen atoms in total. The average Bonchev–Trinajstić information content (AvgIpc) is 3.20. The number of piperazine rings is 1. The lowest BCUT2D eigenvalue weighted by molar-refractivity contribution is 0.119. The number of thiophene rings is 1. The lowest BCUT2D eigenvalue weighted by atomic mass is 10.1. The SMILES string of the molecule is Cc1ccsc1-c1cccc(NC(=O)N2CCN(C(C)c3cccnc3)CC2)c1. The summed E-state index contributed by atoms with van der Waals surface area (Å²) in [5, 5.41) is 5.17. The van der Waals surface area contributed by atoms with Gasteiger partial charge in [0.1, 0.15) is 0 Å². The van der Waals surface area contributed by atoms with Gasteiger partial charge in [0, 0.05) is 55.2 Å². The third-order valence-electron chi connectivity index (χ3n) is 5.55. The minimum Gasteiger partial charge on any atom is -0.322 e. The molecular formula is C23H26N4OS. The number of hydrogen-bond donors (Lipinski definition) is 1. The monoisotopic (exact) mass is 406 g/mol. The van der Waals surface area contributed by atoms with Crippen molar-refractivity contribution in [2.45, 2.75) is 19.9 Å². The van der Waals surface area contributed by atoms with Gasteiger partial charge in [0.25, 0.3) is 0 Å². The van der Waals surface area contributed by atoms with Crippen molar-refractivity contribution >= 4 is 23.1 Å². The molecule has 0 spiro atoms. The molecule has 1 aliphatic rings. The van der Waals surface area contributed by atoms with Gasteiger partial charge in [-0.05, 0) is 60.2 Å². The van der Waals surface area contributed by atoms with Crippen LogP contribution in [0.3, 0.4) is 0 Å². The molecule has 1 aliphatic heterocycles. The van der Waals surface area contributed by atoms with Crippen molar-refractivity contribution in [2.75, 3.05) is 31.5 Å². The maximum atomic E-state index is 12.8. The van der Waals surface area contributed by atoms with Crippen LogP contribution < -0.4 is 5.32 Å². The molecule has 1 atom stereocenters. The maximum Gasteiger partial charge on any atom is 0.321 e. The number of carbonyl (C=O) groups excluding carboxylic acids is 1. The molecule has 1 saturated heterocycles. The van der Waals surface area contributed by atoms with Crippen LogP contribution in [0.2, 0.25) is 0 Å². The predicted molar refractivity (Wildman–Crippen MR) is 119 cm³/mol. The lowest BCUT2D eigenvalue weighted by Crippen LogP contribution is -2.50. The normalized spacial score (nSPS) is 15.9. The molecule has 29 heavy (non-hydrogen) atoms. The zero-order chi connectivity index (χ0) is 20.2. The van der Waals surface area contributed by atoms with Gasteiger partial charge in [-0.25, -0.2) is 4.79 Å². The number of nitrogens with zero attached hydrogens (tertiary/aromatic N) is 3. The molecule has 2 amide bonds. The van der Waals surface area contributed by atoms with Gasteiger partial charge in [-0.3, -0.25) is 9.88 Å². The van der Waals surface area contributed by atoms with E-state index in [0.717, 1.165) is 37.4 Å². The molecule has 1 N–H and O–H groups in total. The first-order chi connectivity index (χ1) is 14.1. The van der Waals surface area contributed by atoms with E-state index in [1.807, 2.05) is 29.3 Å². The van der Waals surface area contributed by atoms with E-state index in [4.69, 9.17) is 0 Å². The summed E-state index contributed by atoms with van der Waals surface area (Å²) in [6.07, 6.45) is 3.72.